The number of halogens is 3. The number of aromatic carboxylic acids is 1. The molecule has 0 bridgehead atoms. The van der Waals surface area contributed by atoms with Gasteiger partial charge in [0.2, 0.25) is 5.92 Å². The molecule has 0 spiro atoms. The summed E-state index contributed by atoms with van der Waals surface area (Å²) >= 11 is 0.362. The molecule has 0 fully saturated rings. The molecule has 0 unspecified atom stereocenters. The van der Waals surface area contributed by atoms with Gasteiger partial charge in [-0.05, 0) is 18.6 Å². The molecule has 0 saturated heterocycles. The fourth-order valence-corrected chi connectivity index (χ4v) is 3.27. The molecule has 0 saturated carbocycles. The van der Waals surface area contributed by atoms with E-state index in [1.54, 1.807) is 0 Å². The van der Waals surface area contributed by atoms with Gasteiger partial charge in [0.15, 0.2) is 0 Å². The summed E-state index contributed by atoms with van der Waals surface area (Å²) in [5.74, 6) is -4.58. The highest BCUT2D eigenvalue weighted by molar-refractivity contribution is 8.15. The predicted octanol–water partition coefficient (Wildman–Crippen LogP) is 2.57. The topological polar surface area (TPSA) is 71.4 Å². The molecule has 0 amide bonds. The van der Waals surface area contributed by atoms with Crippen LogP contribution in [0.25, 0.3) is 0 Å². The van der Waals surface area contributed by atoms with E-state index in [2.05, 4.69) is 0 Å². The third kappa shape index (κ3) is 3.90. The summed E-state index contributed by atoms with van der Waals surface area (Å²) in [4.78, 5) is 10.3. The summed E-state index contributed by atoms with van der Waals surface area (Å²) in [7, 11) is 0.911. The zero-order chi connectivity index (χ0) is 13.4. The molecule has 1 heterocycles. The zero-order valence-electron chi connectivity index (χ0n) is 8.41. The van der Waals surface area contributed by atoms with Gasteiger partial charge in [0, 0.05) is 17.1 Å². The monoisotopic (exact) mass is 304 g/mol. The third-order valence-electron chi connectivity index (χ3n) is 1.72. The van der Waals surface area contributed by atoms with Gasteiger partial charge in [-0.15, -0.1) is 11.3 Å². The molecule has 0 aliphatic carbocycles. The van der Waals surface area contributed by atoms with Crippen LogP contribution in [0.2, 0.25) is 0 Å². The van der Waals surface area contributed by atoms with Crippen LogP contribution < -0.4 is 0 Å². The van der Waals surface area contributed by atoms with Gasteiger partial charge in [-0.25, -0.2) is 22.0 Å². The molecular formula is C8H7ClF2O4S2. The first-order chi connectivity index (χ1) is 7.50. The molecule has 9 heteroatoms. The van der Waals surface area contributed by atoms with E-state index in [-0.39, 0.29) is 5.56 Å². The molecule has 0 aromatic carbocycles. The van der Waals surface area contributed by atoms with Crippen molar-refractivity contribution in [3.8, 4) is 0 Å². The fourth-order valence-electron chi connectivity index (χ4n) is 1.17. The van der Waals surface area contributed by atoms with Crippen LogP contribution in [-0.4, -0.2) is 25.4 Å². The highest BCUT2D eigenvalue weighted by Crippen LogP contribution is 2.32. The van der Waals surface area contributed by atoms with Gasteiger partial charge < -0.3 is 5.11 Å². The third-order valence-corrected chi connectivity index (χ3v) is 4.96. The molecule has 1 rings (SSSR count). The van der Waals surface area contributed by atoms with Crippen LogP contribution in [0.5, 0.6) is 0 Å². The maximum absolute atomic E-state index is 12.8. The predicted molar refractivity (Wildman–Crippen MR) is 58.6 cm³/mol. The molecular weight excluding hydrogens is 298 g/mol. The van der Waals surface area contributed by atoms with Crippen LogP contribution in [0, 0.1) is 0 Å². The molecule has 17 heavy (non-hydrogen) atoms. The first kappa shape index (κ1) is 14.3. The largest absolute Gasteiger partial charge is 0.477 e. The van der Waals surface area contributed by atoms with Crippen LogP contribution in [0.3, 0.4) is 0 Å². The molecule has 1 aromatic rings. The minimum atomic E-state index is -4.11. The number of hydrogen-bond donors (Lipinski definition) is 1. The molecule has 0 atom stereocenters. The van der Waals surface area contributed by atoms with Crippen molar-refractivity contribution in [1.29, 1.82) is 0 Å². The second kappa shape index (κ2) is 4.51. The Morgan fingerprint density at radius 3 is 2.47 bits per heavy atom. The number of carboxylic acid groups (broad SMARTS) is 1. The van der Waals surface area contributed by atoms with Crippen molar-refractivity contribution < 1.29 is 27.1 Å². The highest BCUT2D eigenvalue weighted by atomic mass is 35.7. The van der Waals surface area contributed by atoms with Crippen LogP contribution in [-0.2, 0) is 15.5 Å². The van der Waals surface area contributed by atoms with Crippen LogP contribution in [0.15, 0.2) is 10.3 Å². The Hall–Kier alpha value is -0.730. The summed E-state index contributed by atoms with van der Waals surface area (Å²) in [5, 5.41) is 8.77. The lowest BCUT2D eigenvalue weighted by Gasteiger charge is -2.08. The average molecular weight is 305 g/mol. The van der Waals surface area contributed by atoms with Crippen molar-refractivity contribution >= 4 is 37.0 Å². The Morgan fingerprint density at radius 2 is 2.12 bits per heavy atom. The van der Waals surface area contributed by atoms with Crippen molar-refractivity contribution in [2.45, 2.75) is 23.5 Å². The van der Waals surface area contributed by atoms with E-state index in [4.69, 9.17) is 15.8 Å². The molecule has 1 N–H and O–H groups in total. The Bertz CT molecular complexity index is 544. The number of carboxylic acids is 1. The summed E-state index contributed by atoms with van der Waals surface area (Å²) < 4.78 is 47.1. The Kier molecular flexibility index (Phi) is 3.80. The Balaban J connectivity index is 3.29. The molecule has 0 aliphatic rings. The maximum Gasteiger partial charge on any atom is 0.346 e. The lowest BCUT2D eigenvalue weighted by Crippen LogP contribution is -2.15. The van der Waals surface area contributed by atoms with Gasteiger partial charge in [-0.3, -0.25) is 0 Å². The lowest BCUT2D eigenvalue weighted by molar-refractivity contribution is 0.0224. The zero-order valence-corrected chi connectivity index (χ0v) is 10.8. The van der Waals surface area contributed by atoms with E-state index in [9.17, 15) is 22.0 Å². The van der Waals surface area contributed by atoms with Gasteiger partial charge >= 0.3 is 5.97 Å². The van der Waals surface area contributed by atoms with Gasteiger partial charge in [-0.1, -0.05) is 0 Å². The van der Waals surface area contributed by atoms with E-state index >= 15 is 0 Å². The minimum Gasteiger partial charge on any atom is -0.477 e. The van der Waals surface area contributed by atoms with E-state index < -0.39 is 36.4 Å². The first-order valence-electron chi connectivity index (χ1n) is 4.19. The van der Waals surface area contributed by atoms with E-state index in [1.807, 2.05) is 0 Å². The molecule has 0 radical (unpaired) electrons. The molecule has 1 aromatic heterocycles. The number of carbonyl (C=O) groups is 1. The van der Waals surface area contributed by atoms with E-state index in [0.29, 0.717) is 18.3 Å². The quantitative estimate of drug-likeness (QED) is 0.868. The number of rotatable bonds is 4. The van der Waals surface area contributed by atoms with Crippen molar-refractivity contribution in [2.75, 3.05) is 0 Å². The lowest BCUT2D eigenvalue weighted by atomic mass is 10.1. The van der Waals surface area contributed by atoms with Crippen LogP contribution in [0.1, 0.15) is 22.2 Å². The SMILES string of the molecule is CC(F)(F)Cc1cc(S(=O)(=O)Cl)sc1C(=O)O. The van der Waals surface area contributed by atoms with Crippen molar-refractivity contribution in [3.63, 3.8) is 0 Å². The molecule has 96 valence electrons. The summed E-state index contributed by atoms with van der Waals surface area (Å²) in [6.45, 7) is 0.616. The van der Waals surface area contributed by atoms with E-state index in [1.165, 1.54) is 0 Å². The highest BCUT2D eigenvalue weighted by Gasteiger charge is 2.28. The second-order valence-electron chi connectivity index (χ2n) is 3.41. The number of alkyl halides is 2. The second-order valence-corrected chi connectivity index (χ2v) is 7.25. The summed E-state index contributed by atoms with van der Waals surface area (Å²) in [6, 6.07) is 0.869. The number of thiophene rings is 1. The van der Waals surface area contributed by atoms with Crippen LogP contribution in [0.4, 0.5) is 8.78 Å². The molecule has 4 nitrogen and oxygen atoms in total. The normalized spacial score (nSPS) is 12.7. The van der Waals surface area contributed by atoms with Gasteiger partial charge in [0.05, 0.1) is 0 Å². The van der Waals surface area contributed by atoms with E-state index in [0.717, 1.165) is 6.07 Å². The van der Waals surface area contributed by atoms with Gasteiger partial charge in [0.1, 0.15) is 9.09 Å². The Labute approximate surface area is 104 Å². The van der Waals surface area contributed by atoms with Crippen molar-refractivity contribution in [2.24, 2.45) is 0 Å². The minimum absolute atomic E-state index is 0.241. The van der Waals surface area contributed by atoms with Gasteiger partial charge in [0.25, 0.3) is 9.05 Å². The standard InChI is InChI=1S/C8H7ClF2O4S2/c1-8(10,11)3-4-2-5(17(9,14)15)16-6(4)7(12)13/h2H,3H2,1H3,(H,12,13). The average Bonchev–Trinajstić information content (AvgIpc) is 2.43. The number of hydrogen-bond acceptors (Lipinski definition) is 4. The van der Waals surface area contributed by atoms with Gasteiger partial charge in [-0.2, -0.15) is 0 Å². The van der Waals surface area contributed by atoms with Crippen molar-refractivity contribution in [1.82, 2.24) is 0 Å². The van der Waals surface area contributed by atoms with Crippen LogP contribution >= 0.6 is 22.0 Å². The summed E-state index contributed by atoms with van der Waals surface area (Å²) in [6.07, 6.45) is -0.850. The van der Waals surface area contributed by atoms with Crippen molar-refractivity contribution in [3.05, 3.63) is 16.5 Å². The first-order valence-corrected chi connectivity index (χ1v) is 7.32. The smallest absolute Gasteiger partial charge is 0.346 e. The molecule has 0 aliphatic heterocycles. The fraction of sp³-hybridized carbons (Fsp3) is 0.375. The summed E-state index contributed by atoms with van der Waals surface area (Å²) in [5.41, 5.74) is -0.241. The maximum atomic E-state index is 12.8. The Morgan fingerprint density at radius 1 is 1.59 bits per heavy atom.